The number of benzene rings is 1. The molecule has 3 heterocycles. The van der Waals surface area contributed by atoms with Crippen LogP contribution in [0.1, 0.15) is 30.1 Å². The SMILES string of the molecule is CC(O)C1C(=O)N2C(C(=O)O)=C(SC3C[NH2+]C(C(=O)Nc4cccc(C(=O)O)c4)C3)CC12. The van der Waals surface area contributed by atoms with Crippen LogP contribution in [0.2, 0.25) is 0 Å². The van der Waals surface area contributed by atoms with Crippen molar-refractivity contribution in [2.45, 2.75) is 43.2 Å². The lowest BCUT2D eigenvalue weighted by Gasteiger charge is -2.44. The molecule has 2 fully saturated rings. The van der Waals surface area contributed by atoms with Crippen LogP contribution in [-0.4, -0.2) is 74.0 Å². The van der Waals surface area contributed by atoms with Gasteiger partial charge in [0.1, 0.15) is 5.70 Å². The van der Waals surface area contributed by atoms with Gasteiger partial charge in [-0.25, -0.2) is 9.59 Å². The van der Waals surface area contributed by atoms with Gasteiger partial charge in [-0.05, 0) is 25.1 Å². The molecule has 5 atom stereocenters. The summed E-state index contributed by atoms with van der Waals surface area (Å²) in [5, 5.41) is 33.2. The fraction of sp³-hybridized carbons (Fsp3) is 0.429. The first kappa shape index (κ1) is 22.3. The smallest absolute Gasteiger partial charge is 0.353 e. The van der Waals surface area contributed by atoms with Crippen LogP contribution in [0.5, 0.6) is 0 Å². The maximum absolute atomic E-state index is 12.6. The summed E-state index contributed by atoms with van der Waals surface area (Å²) in [6.07, 6.45) is 0.0584. The van der Waals surface area contributed by atoms with E-state index in [1.165, 1.54) is 35.7 Å². The van der Waals surface area contributed by atoms with Crippen molar-refractivity contribution in [1.29, 1.82) is 0 Å². The molecule has 0 spiro atoms. The Hall–Kier alpha value is -2.89. The van der Waals surface area contributed by atoms with E-state index in [0.29, 0.717) is 30.0 Å². The normalized spacial score (nSPS) is 27.7. The zero-order valence-electron chi connectivity index (χ0n) is 17.2. The lowest BCUT2D eigenvalue weighted by atomic mass is 9.83. The number of quaternary nitrogens is 1. The lowest BCUT2D eigenvalue weighted by Crippen LogP contribution is -2.89. The van der Waals surface area contributed by atoms with Crippen molar-refractivity contribution in [1.82, 2.24) is 4.90 Å². The molecular formula is C21H24N3O7S+. The first-order chi connectivity index (χ1) is 15.2. The number of anilines is 1. The number of fused-ring (bicyclic) bond motifs is 1. The van der Waals surface area contributed by atoms with Gasteiger partial charge in [0.2, 0.25) is 5.91 Å². The van der Waals surface area contributed by atoms with E-state index in [0.717, 1.165) is 0 Å². The summed E-state index contributed by atoms with van der Waals surface area (Å²) in [5.74, 6) is -3.44. The summed E-state index contributed by atoms with van der Waals surface area (Å²) in [7, 11) is 0. The first-order valence-corrected chi connectivity index (χ1v) is 11.2. The number of aliphatic hydroxyl groups is 1. The molecule has 0 radical (unpaired) electrons. The highest BCUT2D eigenvalue weighted by atomic mass is 32.2. The maximum Gasteiger partial charge on any atom is 0.353 e. The molecule has 1 aromatic rings. The Labute approximate surface area is 187 Å². The molecule has 170 valence electrons. The summed E-state index contributed by atoms with van der Waals surface area (Å²) in [4.78, 5) is 49.8. The van der Waals surface area contributed by atoms with E-state index in [4.69, 9.17) is 5.11 Å². The largest absolute Gasteiger partial charge is 0.478 e. The van der Waals surface area contributed by atoms with Gasteiger partial charge < -0.3 is 30.9 Å². The molecule has 10 nitrogen and oxygen atoms in total. The number of hydrogen-bond acceptors (Lipinski definition) is 6. The van der Waals surface area contributed by atoms with Crippen LogP contribution in [0.15, 0.2) is 34.9 Å². The monoisotopic (exact) mass is 462 g/mol. The van der Waals surface area contributed by atoms with Crippen molar-refractivity contribution >= 4 is 41.2 Å². The third-order valence-electron chi connectivity index (χ3n) is 6.11. The van der Waals surface area contributed by atoms with E-state index in [-0.39, 0.29) is 40.4 Å². The number of carboxylic acid groups (broad SMARTS) is 2. The molecule has 4 rings (SSSR count). The number of nitrogens with one attached hydrogen (secondary N) is 1. The van der Waals surface area contributed by atoms with Gasteiger partial charge in [-0.15, -0.1) is 11.8 Å². The van der Waals surface area contributed by atoms with Gasteiger partial charge in [-0.3, -0.25) is 9.59 Å². The number of hydrogen-bond donors (Lipinski definition) is 5. The highest BCUT2D eigenvalue weighted by Crippen LogP contribution is 2.48. The van der Waals surface area contributed by atoms with Gasteiger partial charge >= 0.3 is 11.9 Å². The summed E-state index contributed by atoms with van der Waals surface area (Å²) >= 11 is 1.38. The summed E-state index contributed by atoms with van der Waals surface area (Å²) in [6, 6.07) is 5.29. The molecule has 0 saturated carbocycles. The van der Waals surface area contributed by atoms with Crippen LogP contribution in [0.25, 0.3) is 0 Å². The zero-order valence-corrected chi connectivity index (χ0v) is 18.0. The van der Waals surface area contributed by atoms with E-state index >= 15 is 0 Å². The van der Waals surface area contributed by atoms with Gasteiger partial charge in [-0.2, -0.15) is 0 Å². The number of aliphatic carboxylic acids is 1. The Morgan fingerprint density at radius 1 is 1.25 bits per heavy atom. The van der Waals surface area contributed by atoms with Gasteiger partial charge in [-0.1, -0.05) is 6.07 Å². The Balaban J connectivity index is 1.39. The molecule has 0 bridgehead atoms. The Kier molecular flexibility index (Phi) is 5.97. The second-order valence-corrected chi connectivity index (χ2v) is 9.65. The van der Waals surface area contributed by atoms with Crippen LogP contribution in [0, 0.1) is 5.92 Å². The number of carbonyl (C=O) groups is 4. The average Bonchev–Trinajstić information content (AvgIpc) is 3.31. The molecule has 3 aliphatic rings. The van der Waals surface area contributed by atoms with Crippen LogP contribution >= 0.6 is 11.8 Å². The lowest BCUT2D eigenvalue weighted by molar-refractivity contribution is -0.656. The Morgan fingerprint density at radius 3 is 2.66 bits per heavy atom. The fourth-order valence-corrected chi connectivity index (χ4v) is 6.08. The van der Waals surface area contributed by atoms with Crippen molar-refractivity contribution in [3.05, 3.63) is 40.4 Å². The second-order valence-electron chi connectivity index (χ2n) is 8.25. The maximum atomic E-state index is 12.6. The summed E-state index contributed by atoms with van der Waals surface area (Å²) in [5.41, 5.74) is 0.467. The van der Waals surface area contributed by atoms with Crippen molar-refractivity contribution < 1.29 is 39.8 Å². The van der Waals surface area contributed by atoms with E-state index < -0.39 is 24.0 Å². The predicted molar refractivity (Wildman–Crippen MR) is 114 cm³/mol. The highest BCUT2D eigenvalue weighted by Gasteiger charge is 2.57. The average molecular weight is 463 g/mol. The van der Waals surface area contributed by atoms with E-state index in [9.17, 15) is 29.4 Å². The van der Waals surface area contributed by atoms with E-state index in [1.807, 2.05) is 5.32 Å². The van der Waals surface area contributed by atoms with Crippen molar-refractivity contribution in [3.8, 4) is 0 Å². The van der Waals surface area contributed by atoms with Gasteiger partial charge in [0.05, 0.1) is 35.4 Å². The third-order valence-corrected chi connectivity index (χ3v) is 7.48. The van der Waals surface area contributed by atoms with Gasteiger partial charge in [0.15, 0.2) is 6.04 Å². The number of rotatable bonds is 7. The van der Waals surface area contributed by atoms with Gasteiger partial charge in [0.25, 0.3) is 5.91 Å². The van der Waals surface area contributed by atoms with Crippen molar-refractivity contribution in [2.75, 3.05) is 11.9 Å². The minimum atomic E-state index is -1.16. The number of amides is 2. The fourth-order valence-electron chi connectivity index (χ4n) is 4.60. The zero-order chi connectivity index (χ0) is 23.2. The topological polar surface area (TPSA) is 161 Å². The van der Waals surface area contributed by atoms with Crippen molar-refractivity contribution in [3.63, 3.8) is 0 Å². The number of carboxylic acids is 2. The molecule has 11 heteroatoms. The molecule has 3 aliphatic heterocycles. The highest BCUT2D eigenvalue weighted by molar-refractivity contribution is 8.03. The number of nitrogens with two attached hydrogens (primary N) is 1. The number of carbonyl (C=O) groups excluding carboxylic acids is 2. The molecule has 0 aromatic heterocycles. The molecule has 2 saturated heterocycles. The van der Waals surface area contributed by atoms with Crippen molar-refractivity contribution in [2.24, 2.45) is 5.92 Å². The summed E-state index contributed by atoms with van der Waals surface area (Å²) in [6.45, 7) is 2.14. The molecule has 0 aliphatic carbocycles. The number of nitrogens with zero attached hydrogens (tertiary/aromatic N) is 1. The number of aromatic carboxylic acids is 1. The van der Waals surface area contributed by atoms with E-state index in [2.05, 4.69) is 5.32 Å². The number of β-lactam (4-membered cyclic amide) rings is 1. The molecule has 2 amide bonds. The van der Waals surface area contributed by atoms with Crippen LogP contribution in [0.4, 0.5) is 5.69 Å². The predicted octanol–water partition coefficient (Wildman–Crippen LogP) is -0.331. The van der Waals surface area contributed by atoms with Crippen LogP contribution in [0.3, 0.4) is 0 Å². The molecule has 6 N–H and O–H groups in total. The standard InChI is InChI=1S/C21H23N3O7S/c1-9(25)16-14-7-15(17(21(30)31)24(14)19(16)27)32-12-6-13(22-8-12)18(26)23-11-4-2-3-10(5-11)20(28)29/h2-5,9,12-14,16,22,25H,6-8H2,1H3,(H,23,26)(H,28,29)(H,30,31)/p+1. The quantitative estimate of drug-likeness (QED) is 0.344. The number of aliphatic hydroxyl groups excluding tert-OH is 1. The minimum absolute atomic E-state index is 0.0136. The summed E-state index contributed by atoms with van der Waals surface area (Å²) < 4.78 is 0. The molecule has 32 heavy (non-hydrogen) atoms. The van der Waals surface area contributed by atoms with E-state index in [1.54, 1.807) is 12.1 Å². The van der Waals surface area contributed by atoms with Gasteiger partial charge in [0, 0.05) is 23.4 Å². The Bertz CT molecular complexity index is 1020. The minimum Gasteiger partial charge on any atom is -0.478 e. The first-order valence-electron chi connectivity index (χ1n) is 10.3. The third kappa shape index (κ3) is 3.98. The molecular weight excluding hydrogens is 438 g/mol. The second kappa shape index (κ2) is 8.57. The van der Waals surface area contributed by atoms with Crippen LogP contribution in [-0.2, 0) is 14.4 Å². The Morgan fingerprint density at radius 2 is 2.00 bits per heavy atom. The molecule has 5 unspecified atom stereocenters. The van der Waals surface area contributed by atoms with Crippen LogP contribution < -0.4 is 10.6 Å². The number of thioether (sulfide) groups is 1. The molecule has 1 aromatic carbocycles.